The Morgan fingerprint density at radius 2 is 2.23 bits per heavy atom. The normalized spacial score (nSPS) is 10.8. The van der Waals surface area contributed by atoms with Crippen molar-refractivity contribution < 1.29 is 0 Å². The third-order valence-corrected chi connectivity index (χ3v) is 2.47. The van der Waals surface area contributed by atoms with Gasteiger partial charge in [0.15, 0.2) is 0 Å². The van der Waals surface area contributed by atoms with E-state index in [1.165, 1.54) is 0 Å². The molecule has 0 radical (unpaired) electrons. The Morgan fingerprint density at radius 3 is 2.69 bits per heavy atom. The summed E-state index contributed by atoms with van der Waals surface area (Å²) < 4.78 is 1.83. The highest BCUT2D eigenvalue weighted by molar-refractivity contribution is 6.31. The Hall–Kier alpha value is -0.540. The lowest BCUT2D eigenvalue weighted by Crippen LogP contribution is -2.16. The first kappa shape index (κ1) is 10.5. The Balaban J connectivity index is 2.64. The molecule has 0 atom stereocenters. The van der Waals surface area contributed by atoms with E-state index in [1.54, 1.807) is 0 Å². The van der Waals surface area contributed by atoms with Gasteiger partial charge in [-0.1, -0.05) is 18.5 Å². The van der Waals surface area contributed by atoms with Crippen LogP contribution in [0.2, 0.25) is 5.02 Å². The van der Waals surface area contributed by atoms with Crippen LogP contribution in [0, 0.1) is 6.92 Å². The molecule has 1 aromatic heterocycles. The molecule has 0 saturated carbocycles. The smallest absolute Gasteiger partial charge is 0.0860 e. The molecule has 13 heavy (non-hydrogen) atoms. The van der Waals surface area contributed by atoms with Gasteiger partial charge in [0.2, 0.25) is 0 Å². The van der Waals surface area contributed by atoms with Gasteiger partial charge in [-0.25, -0.2) is 0 Å². The van der Waals surface area contributed by atoms with Crippen molar-refractivity contribution in [3.05, 3.63) is 16.4 Å². The lowest BCUT2D eigenvalue weighted by atomic mass is 10.3. The third kappa shape index (κ3) is 2.45. The standard InChI is InChI=1S/C9H16ClN3/c1-4-5-11-6-8-9(10)7(2)12-13(8)3/h11H,4-6H2,1-3H3. The Kier molecular flexibility index (Phi) is 3.75. The summed E-state index contributed by atoms with van der Waals surface area (Å²) in [4.78, 5) is 0. The fourth-order valence-electron chi connectivity index (χ4n) is 1.26. The molecular formula is C9H16ClN3. The van der Waals surface area contributed by atoms with Crippen LogP contribution in [0.4, 0.5) is 0 Å². The van der Waals surface area contributed by atoms with E-state index in [4.69, 9.17) is 11.6 Å². The highest BCUT2D eigenvalue weighted by atomic mass is 35.5. The number of aryl methyl sites for hydroxylation is 2. The predicted molar refractivity (Wildman–Crippen MR) is 55.0 cm³/mol. The van der Waals surface area contributed by atoms with Crippen molar-refractivity contribution in [2.24, 2.45) is 7.05 Å². The van der Waals surface area contributed by atoms with Crippen molar-refractivity contribution in [1.82, 2.24) is 15.1 Å². The molecule has 1 N–H and O–H groups in total. The number of aromatic nitrogens is 2. The van der Waals surface area contributed by atoms with Crippen LogP contribution in [0.1, 0.15) is 24.7 Å². The first-order chi connectivity index (χ1) is 6.16. The van der Waals surface area contributed by atoms with E-state index in [0.29, 0.717) is 0 Å². The van der Waals surface area contributed by atoms with Gasteiger partial charge in [0, 0.05) is 13.6 Å². The van der Waals surface area contributed by atoms with E-state index in [1.807, 2.05) is 18.7 Å². The molecule has 0 aliphatic rings. The SMILES string of the molecule is CCCNCc1c(Cl)c(C)nn1C. The second-order valence-corrected chi connectivity index (χ2v) is 3.52. The summed E-state index contributed by atoms with van der Waals surface area (Å²) in [6, 6.07) is 0. The first-order valence-corrected chi connectivity index (χ1v) is 4.93. The largest absolute Gasteiger partial charge is 0.311 e. The van der Waals surface area contributed by atoms with E-state index in [2.05, 4.69) is 17.3 Å². The van der Waals surface area contributed by atoms with Crippen LogP contribution >= 0.6 is 11.6 Å². The molecule has 1 aromatic rings. The minimum absolute atomic E-state index is 0.783. The molecule has 0 bridgehead atoms. The summed E-state index contributed by atoms with van der Waals surface area (Å²) in [5, 5.41) is 8.32. The Labute approximate surface area is 84.1 Å². The van der Waals surface area contributed by atoms with Gasteiger partial charge in [-0.15, -0.1) is 0 Å². The molecule has 0 aromatic carbocycles. The summed E-state index contributed by atoms with van der Waals surface area (Å²) in [7, 11) is 1.92. The number of rotatable bonds is 4. The molecule has 0 unspecified atom stereocenters. The van der Waals surface area contributed by atoms with Gasteiger partial charge < -0.3 is 5.32 Å². The second-order valence-electron chi connectivity index (χ2n) is 3.15. The van der Waals surface area contributed by atoms with Crippen molar-refractivity contribution in [3.63, 3.8) is 0 Å². The lowest BCUT2D eigenvalue weighted by Gasteiger charge is -2.03. The van der Waals surface area contributed by atoms with Crippen LogP contribution in [0.15, 0.2) is 0 Å². The van der Waals surface area contributed by atoms with Gasteiger partial charge in [0.05, 0.1) is 16.4 Å². The zero-order chi connectivity index (χ0) is 9.84. The maximum Gasteiger partial charge on any atom is 0.0860 e. The molecule has 0 fully saturated rings. The van der Waals surface area contributed by atoms with Crippen molar-refractivity contribution in [3.8, 4) is 0 Å². The van der Waals surface area contributed by atoms with Crippen molar-refractivity contribution in [2.45, 2.75) is 26.8 Å². The minimum atomic E-state index is 0.783. The Morgan fingerprint density at radius 1 is 1.54 bits per heavy atom. The number of hydrogen-bond donors (Lipinski definition) is 1. The zero-order valence-corrected chi connectivity index (χ0v) is 9.15. The summed E-state index contributed by atoms with van der Waals surface area (Å²) >= 11 is 6.07. The van der Waals surface area contributed by atoms with Crippen LogP contribution < -0.4 is 5.32 Å². The minimum Gasteiger partial charge on any atom is -0.311 e. The maximum atomic E-state index is 6.07. The van der Waals surface area contributed by atoms with Crippen LogP contribution in [0.3, 0.4) is 0 Å². The van der Waals surface area contributed by atoms with Crippen LogP contribution in [-0.2, 0) is 13.6 Å². The summed E-state index contributed by atoms with van der Waals surface area (Å²) in [5.41, 5.74) is 1.96. The third-order valence-electron chi connectivity index (χ3n) is 1.98. The average Bonchev–Trinajstić information content (AvgIpc) is 2.32. The summed E-state index contributed by atoms with van der Waals surface area (Å²) in [6.45, 7) is 5.87. The zero-order valence-electron chi connectivity index (χ0n) is 8.39. The second kappa shape index (κ2) is 4.63. The molecule has 1 heterocycles. The highest BCUT2D eigenvalue weighted by Gasteiger charge is 2.09. The number of hydrogen-bond acceptors (Lipinski definition) is 2. The average molecular weight is 202 g/mol. The number of nitrogens with zero attached hydrogens (tertiary/aromatic N) is 2. The molecule has 3 nitrogen and oxygen atoms in total. The highest BCUT2D eigenvalue weighted by Crippen LogP contribution is 2.18. The predicted octanol–water partition coefficient (Wildman–Crippen LogP) is 1.88. The van der Waals surface area contributed by atoms with Crippen LogP contribution in [0.5, 0.6) is 0 Å². The molecule has 0 aliphatic heterocycles. The van der Waals surface area contributed by atoms with Crippen molar-refractivity contribution in [1.29, 1.82) is 0 Å². The van der Waals surface area contributed by atoms with Crippen LogP contribution in [-0.4, -0.2) is 16.3 Å². The van der Waals surface area contributed by atoms with Gasteiger partial charge in [0.25, 0.3) is 0 Å². The van der Waals surface area contributed by atoms with E-state index in [9.17, 15) is 0 Å². The van der Waals surface area contributed by atoms with Gasteiger partial charge in [-0.2, -0.15) is 5.10 Å². The molecule has 4 heteroatoms. The Bertz CT molecular complexity index is 281. The number of halogens is 1. The van der Waals surface area contributed by atoms with E-state index < -0.39 is 0 Å². The molecule has 74 valence electrons. The van der Waals surface area contributed by atoms with Gasteiger partial charge in [-0.3, -0.25) is 4.68 Å². The maximum absolute atomic E-state index is 6.07. The topological polar surface area (TPSA) is 29.9 Å². The van der Waals surface area contributed by atoms with Crippen molar-refractivity contribution in [2.75, 3.05) is 6.54 Å². The molecule has 0 aliphatic carbocycles. The van der Waals surface area contributed by atoms with Gasteiger partial charge >= 0.3 is 0 Å². The van der Waals surface area contributed by atoms with Crippen molar-refractivity contribution >= 4 is 11.6 Å². The first-order valence-electron chi connectivity index (χ1n) is 4.55. The lowest BCUT2D eigenvalue weighted by molar-refractivity contribution is 0.619. The van der Waals surface area contributed by atoms with E-state index in [-0.39, 0.29) is 0 Å². The van der Waals surface area contributed by atoms with Gasteiger partial charge in [0.1, 0.15) is 0 Å². The quantitative estimate of drug-likeness (QED) is 0.754. The van der Waals surface area contributed by atoms with E-state index >= 15 is 0 Å². The molecule has 1 rings (SSSR count). The fourth-order valence-corrected chi connectivity index (χ4v) is 1.48. The van der Waals surface area contributed by atoms with Crippen LogP contribution in [0.25, 0.3) is 0 Å². The molecule has 0 spiro atoms. The van der Waals surface area contributed by atoms with E-state index in [0.717, 1.165) is 35.9 Å². The number of nitrogens with one attached hydrogen (secondary N) is 1. The summed E-state index contributed by atoms with van der Waals surface area (Å²) in [6.07, 6.45) is 1.13. The monoisotopic (exact) mass is 201 g/mol. The summed E-state index contributed by atoms with van der Waals surface area (Å²) in [5.74, 6) is 0. The molecule has 0 amide bonds. The molecular weight excluding hydrogens is 186 g/mol. The fraction of sp³-hybridized carbons (Fsp3) is 0.667. The van der Waals surface area contributed by atoms with Gasteiger partial charge in [-0.05, 0) is 19.9 Å². The molecule has 0 saturated heterocycles.